The lowest BCUT2D eigenvalue weighted by atomic mass is 9.94. The maximum absolute atomic E-state index is 12.1. The van der Waals surface area contributed by atoms with Gasteiger partial charge in [-0.05, 0) is 42.4 Å². The van der Waals surface area contributed by atoms with Crippen molar-refractivity contribution in [2.75, 3.05) is 13.7 Å². The molecule has 0 unspecified atom stereocenters. The molecule has 3 atom stereocenters. The summed E-state index contributed by atoms with van der Waals surface area (Å²) < 4.78 is 9.78. The number of hydrogen-bond donors (Lipinski definition) is 1. The zero-order valence-electron chi connectivity index (χ0n) is 14.1. The first-order valence-corrected chi connectivity index (χ1v) is 8.35. The van der Waals surface area contributed by atoms with Crippen molar-refractivity contribution in [2.45, 2.75) is 19.4 Å². The Morgan fingerprint density at radius 3 is 2.48 bits per heavy atom. The van der Waals surface area contributed by atoms with Crippen LogP contribution in [0.15, 0.2) is 36.4 Å². The second-order valence-corrected chi connectivity index (χ2v) is 6.46. The van der Waals surface area contributed by atoms with Crippen molar-refractivity contribution >= 4 is 17.8 Å². The zero-order valence-corrected chi connectivity index (χ0v) is 14.1. The average molecular weight is 343 g/mol. The van der Waals surface area contributed by atoms with E-state index < -0.39 is 5.97 Å². The Labute approximate surface area is 146 Å². The van der Waals surface area contributed by atoms with Crippen LogP contribution in [0, 0.1) is 17.8 Å². The number of benzene rings is 1. The van der Waals surface area contributed by atoms with E-state index in [0.717, 1.165) is 18.4 Å². The Hall–Kier alpha value is -2.63. The largest absolute Gasteiger partial charge is 0.465 e. The molecule has 0 heterocycles. The smallest absolute Gasteiger partial charge is 0.337 e. The van der Waals surface area contributed by atoms with Gasteiger partial charge in [-0.15, -0.1) is 0 Å². The molecule has 25 heavy (non-hydrogen) atoms. The van der Waals surface area contributed by atoms with Gasteiger partial charge in [0, 0.05) is 6.54 Å². The number of hydrogen-bond acceptors (Lipinski definition) is 5. The molecule has 0 radical (unpaired) electrons. The van der Waals surface area contributed by atoms with E-state index in [4.69, 9.17) is 4.74 Å². The third-order valence-corrected chi connectivity index (χ3v) is 4.79. The topological polar surface area (TPSA) is 81.7 Å². The van der Waals surface area contributed by atoms with Crippen LogP contribution in [0.2, 0.25) is 0 Å². The summed E-state index contributed by atoms with van der Waals surface area (Å²) in [7, 11) is 1.32. The summed E-state index contributed by atoms with van der Waals surface area (Å²) in [5.41, 5.74) is 1.29. The van der Waals surface area contributed by atoms with Gasteiger partial charge in [0.15, 0.2) is 6.61 Å². The Balaban J connectivity index is 1.40. The minimum absolute atomic E-state index is 0.103. The van der Waals surface area contributed by atoms with E-state index in [-0.39, 0.29) is 30.3 Å². The van der Waals surface area contributed by atoms with Crippen LogP contribution in [0.5, 0.6) is 0 Å². The molecule has 1 aromatic rings. The molecule has 1 N–H and O–H groups in total. The molecule has 132 valence electrons. The Morgan fingerprint density at radius 1 is 1.12 bits per heavy atom. The number of nitrogens with one attached hydrogen (secondary N) is 1. The molecule has 2 aliphatic carbocycles. The molecule has 1 amide bonds. The van der Waals surface area contributed by atoms with E-state index in [1.54, 1.807) is 24.3 Å². The Bertz CT molecular complexity index is 694. The van der Waals surface area contributed by atoms with Crippen LogP contribution in [0.1, 0.15) is 28.8 Å². The number of allylic oxidation sites excluding steroid dienone is 2. The van der Waals surface area contributed by atoms with Crippen LogP contribution in [0.25, 0.3) is 0 Å². The van der Waals surface area contributed by atoms with Crippen LogP contribution in [0.4, 0.5) is 0 Å². The lowest BCUT2D eigenvalue weighted by Crippen LogP contribution is -2.30. The monoisotopic (exact) mass is 343 g/mol. The quantitative estimate of drug-likeness (QED) is 0.630. The van der Waals surface area contributed by atoms with Gasteiger partial charge in [0.25, 0.3) is 5.91 Å². The molecule has 1 fully saturated rings. The van der Waals surface area contributed by atoms with E-state index >= 15 is 0 Å². The van der Waals surface area contributed by atoms with Crippen molar-refractivity contribution in [3.05, 3.63) is 47.5 Å². The molecular formula is C19H21NO5. The fourth-order valence-corrected chi connectivity index (χ4v) is 3.42. The summed E-state index contributed by atoms with van der Waals surface area (Å²) in [5, 5.41) is 2.70. The van der Waals surface area contributed by atoms with Gasteiger partial charge in [0.1, 0.15) is 0 Å². The van der Waals surface area contributed by atoms with E-state index in [1.807, 2.05) is 0 Å². The van der Waals surface area contributed by atoms with Gasteiger partial charge in [0.05, 0.1) is 18.6 Å². The first-order chi connectivity index (χ1) is 12.1. The van der Waals surface area contributed by atoms with E-state index in [9.17, 15) is 14.4 Å². The fourth-order valence-electron chi connectivity index (χ4n) is 3.42. The average Bonchev–Trinajstić information content (AvgIpc) is 3.27. The summed E-state index contributed by atoms with van der Waals surface area (Å²) in [6.45, 7) is 0.0331. The third-order valence-electron chi connectivity index (χ3n) is 4.79. The van der Waals surface area contributed by atoms with Gasteiger partial charge in [0.2, 0.25) is 0 Å². The van der Waals surface area contributed by atoms with Gasteiger partial charge in [-0.3, -0.25) is 9.59 Å². The lowest BCUT2D eigenvalue weighted by molar-refractivity contribution is -0.153. The first kappa shape index (κ1) is 17.2. The molecule has 0 saturated heterocycles. The van der Waals surface area contributed by atoms with Crippen molar-refractivity contribution in [2.24, 2.45) is 17.8 Å². The molecule has 2 bridgehead atoms. The van der Waals surface area contributed by atoms with Gasteiger partial charge < -0.3 is 14.8 Å². The second-order valence-electron chi connectivity index (χ2n) is 6.46. The van der Waals surface area contributed by atoms with Crippen molar-refractivity contribution in [3.8, 4) is 0 Å². The summed E-state index contributed by atoms with van der Waals surface area (Å²) in [5.74, 6) is -0.372. The number of rotatable bonds is 6. The number of methoxy groups -OCH3 is 1. The number of esters is 2. The molecule has 3 rings (SSSR count). The summed E-state index contributed by atoms with van der Waals surface area (Å²) in [6.07, 6.45) is 6.09. The number of carbonyl (C=O) groups excluding carboxylic acids is 3. The minimum Gasteiger partial charge on any atom is -0.465 e. The van der Waals surface area contributed by atoms with Crippen LogP contribution in [-0.4, -0.2) is 31.6 Å². The predicted octanol–water partition coefficient (Wildman–Crippen LogP) is 1.84. The van der Waals surface area contributed by atoms with E-state index in [1.165, 1.54) is 7.11 Å². The third kappa shape index (κ3) is 4.07. The van der Waals surface area contributed by atoms with Crippen molar-refractivity contribution in [3.63, 3.8) is 0 Å². The van der Waals surface area contributed by atoms with Gasteiger partial charge in [-0.1, -0.05) is 24.3 Å². The maximum atomic E-state index is 12.1. The molecule has 6 nitrogen and oxygen atoms in total. The molecule has 2 aliphatic rings. The Kier molecular flexibility index (Phi) is 5.16. The van der Waals surface area contributed by atoms with Crippen LogP contribution in [-0.2, 0) is 25.6 Å². The van der Waals surface area contributed by atoms with Gasteiger partial charge in [-0.25, -0.2) is 4.79 Å². The van der Waals surface area contributed by atoms with Crippen molar-refractivity contribution < 1.29 is 23.9 Å². The Morgan fingerprint density at radius 2 is 1.88 bits per heavy atom. The zero-order chi connectivity index (χ0) is 17.8. The number of fused-ring (bicyclic) bond motifs is 2. The van der Waals surface area contributed by atoms with Gasteiger partial charge in [-0.2, -0.15) is 0 Å². The molecule has 0 spiro atoms. The highest BCUT2D eigenvalue weighted by Gasteiger charge is 2.40. The summed E-state index contributed by atoms with van der Waals surface area (Å²) >= 11 is 0. The summed E-state index contributed by atoms with van der Waals surface area (Å²) in [6, 6.07) is 6.74. The highest BCUT2D eigenvalue weighted by molar-refractivity contribution is 5.89. The van der Waals surface area contributed by atoms with Crippen molar-refractivity contribution in [1.82, 2.24) is 5.32 Å². The molecule has 1 aromatic carbocycles. The maximum Gasteiger partial charge on any atom is 0.337 e. The fraction of sp³-hybridized carbons (Fsp3) is 0.421. The van der Waals surface area contributed by atoms with Crippen LogP contribution < -0.4 is 5.32 Å². The highest BCUT2D eigenvalue weighted by atomic mass is 16.5. The van der Waals surface area contributed by atoms with E-state index in [2.05, 4.69) is 22.2 Å². The number of ether oxygens (including phenoxy) is 2. The van der Waals surface area contributed by atoms with Crippen molar-refractivity contribution in [1.29, 1.82) is 0 Å². The standard InChI is InChI=1S/C19H21NO5/c1-24-18(22)14-5-2-12(3-6-14)10-20-17(21)11-25-19(23)16-9-13-4-7-15(16)8-13/h2-7,13,15-16H,8-11H2,1H3,(H,20,21)/t13-,15+,16-/m1/s1. The number of amides is 1. The highest BCUT2D eigenvalue weighted by Crippen LogP contribution is 2.43. The minimum atomic E-state index is -0.405. The molecule has 1 saturated carbocycles. The van der Waals surface area contributed by atoms with Gasteiger partial charge >= 0.3 is 11.9 Å². The SMILES string of the molecule is COC(=O)c1ccc(CNC(=O)COC(=O)[C@@H]2C[C@@H]3C=C[C@H]2C3)cc1. The molecule has 0 aliphatic heterocycles. The summed E-state index contributed by atoms with van der Waals surface area (Å²) in [4.78, 5) is 35.3. The molecule has 6 heteroatoms. The molecular weight excluding hydrogens is 322 g/mol. The van der Waals surface area contributed by atoms with E-state index in [0.29, 0.717) is 18.0 Å². The van der Waals surface area contributed by atoms with Crippen LogP contribution in [0.3, 0.4) is 0 Å². The number of carbonyl (C=O) groups is 3. The second kappa shape index (κ2) is 7.51. The van der Waals surface area contributed by atoms with Crippen LogP contribution >= 0.6 is 0 Å². The lowest BCUT2D eigenvalue weighted by Gasteiger charge is -2.16. The predicted molar refractivity (Wildman–Crippen MR) is 89.4 cm³/mol. The first-order valence-electron chi connectivity index (χ1n) is 8.35. The normalized spacial score (nSPS) is 23.3. The molecule has 0 aromatic heterocycles.